The van der Waals surface area contributed by atoms with Crippen LogP contribution in [0.2, 0.25) is 5.02 Å². The Morgan fingerprint density at radius 1 is 0.628 bits per heavy atom. The molecule has 2 saturated heterocycles. The summed E-state index contributed by atoms with van der Waals surface area (Å²) >= 11 is 6.08. The molecule has 2 heterocycles. The van der Waals surface area contributed by atoms with Gasteiger partial charge in [0.15, 0.2) is 0 Å². The van der Waals surface area contributed by atoms with Crippen LogP contribution in [0.5, 0.6) is 0 Å². The van der Waals surface area contributed by atoms with Gasteiger partial charge in [0.05, 0.1) is 35.8 Å². The van der Waals surface area contributed by atoms with Crippen molar-refractivity contribution in [2.24, 2.45) is 17.8 Å². The first-order valence-electron chi connectivity index (χ1n) is 31.8. The van der Waals surface area contributed by atoms with Gasteiger partial charge in [-0.15, -0.1) is 0 Å². The average Bonchev–Trinajstić information content (AvgIpc) is 1.53. The normalized spacial score (nSPS) is 24.7. The van der Waals surface area contributed by atoms with E-state index >= 15 is 0 Å². The topological polar surface area (TPSA) is 259 Å². The lowest BCUT2D eigenvalue weighted by Gasteiger charge is -2.39. The predicted octanol–water partition coefficient (Wildman–Crippen LogP) is 5.46. The second-order valence-electron chi connectivity index (χ2n) is 26.2. The largest absolute Gasteiger partial charge is 0.417 e. The highest BCUT2D eigenvalue weighted by Gasteiger charge is 2.50. The van der Waals surface area contributed by atoms with Crippen LogP contribution in [0.3, 0.4) is 0 Å². The summed E-state index contributed by atoms with van der Waals surface area (Å²) < 4.78 is 82.4. The first kappa shape index (κ1) is 77.2. The third-order valence-electron chi connectivity index (χ3n) is 18.1. The fourth-order valence-corrected chi connectivity index (χ4v) is 12.6. The molecule has 1 spiro atoms. The van der Waals surface area contributed by atoms with Gasteiger partial charge in [-0.2, -0.15) is 26.3 Å². The molecule has 2 aliphatic heterocycles. The Morgan fingerprint density at radius 2 is 1.21 bits per heavy atom. The first-order chi connectivity index (χ1) is 43.7. The molecule has 1 saturated carbocycles. The van der Waals surface area contributed by atoms with Crippen molar-refractivity contribution in [1.82, 2.24) is 55.6 Å². The van der Waals surface area contributed by atoms with Crippen molar-refractivity contribution in [3.63, 3.8) is 0 Å². The number of likely N-dealkylation sites (N-methyl/N-ethyl adjacent to an activating group) is 6. The number of carbonyl (C=O) groups excluding carboxylic acids is 11. The zero-order valence-electron chi connectivity index (χ0n) is 55.9. The summed E-state index contributed by atoms with van der Waals surface area (Å²) in [6.45, 7) is 10.1. The lowest BCUT2D eigenvalue weighted by Crippen LogP contribution is -2.64. The van der Waals surface area contributed by atoms with E-state index < -0.39 is 179 Å². The van der Waals surface area contributed by atoms with Gasteiger partial charge in [-0.1, -0.05) is 90.6 Å². The average molecular weight is 1350 g/mol. The van der Waals surface area contributed by atoms with Crippen molar-refractivity contribution >= 4 is 76.6 Å². The van der Waals surface area contributed by atoms with Gasteiger partial charge in [-0.25, -0.2) is 0 Å². The van der Waals surface area contributed by atoms with Gasteiger partial charge in [-0.3, -0.25) is 52.7 Å². The summed E-state index contributed by atoms with van der Waals surface area (Å²) in [6.07, 6.45) is -8.46. The van der Waals surface area contributed by atoms with E-state index in [1.54, 1.807) is 34.6 Å². The van der Waals surface area contributed by atoms with E-state index in [1.807, 2.05) is 13.8 Å². The number of rotatable bonds is 10. The molecule has 11 amide bonds. The quantitative estimate of drug-likeness (QED) is 0.217. The molecule has 22 nitrogen and oxygen atoms in total. The second kappa shape index (κ2) is 32.8. The van der Waals surface area contributed by atoms with Crippen molar-refractivity contribution in [1.29, 1.82) is 0 Å². The molecule has 94 heavy (non-hydrogen) atoms. The molecular formula is C65H92ClF6N11O11. The molecule has 5 rings (SSSR count). The van der Waals surface area contributed by atoms with E-state index in [2.05, 4.69) is 21.3 Å². The number of alkyl halides is 6. The molecule has 2 aromatic carbocycles. The van der Waals surface area contributed by atoms with Gasteiger partial charge >= 0.3 is 12.4 Å². The first-order valence-corrected chi connectivity index (χ1v) is 32.2. The Hall–Kier alpha value is -7.52. The number of nitrogens with zero attached hydrogens (tertiary/aromatic N) is 7. The van der Waals surface area contributed by atoms with Gasteiger partial charge in [0.1, 0.15) is 41.8 Å². The summed E-state index contributed by atoms with van der Waals surface area (Å²) in [5.74, 6) is -9.33. The van der Waals surface area contributed by atoms with Crippen molar-refractivity contribution in [3.8, 4) is 0 Å². The second-order valence-corrected chi connectivity index (χ2v) is 26.6. The summed E-state index contributed by atoms with van der Waals surface area (Å²) in [4.78, 5) is 167. The van der Waals surface area contributed by atoms with Crippen LogP contribution in [0.25, 0.3) is 0 Å². The molecular weight excluding hydrogens is 1260 g/mol. The van der Waals surface area contributed by atoms with Crippen LogP contribution in [0.4, 0.5) is 26.3 Å². The molecule has 0 bridgehead atoms. The Kier molecular flexibility index (Phi) is 26.9. The predicted molar refractivity (Wildman–Crippen MR) is 336 cm³/mol. The molecule has 3 fully saturated rings. The van der Waals surface area contributed by atoms with E-state index in [4.69, 9.17) is 11.6 Å². The number of benzene rings is 2. The van der Waals surface area contributed by atoms with Gasteiger partial charge < -0.3 is 55.6 Å². The Bertz CT molecular complexity index is 3090. The Morgan fingerprint density at radius 3 is 1.78 bits per heavy atom. The van der Waals surface area contributed by atoms with Crippen LogP contribution >= 0.6 is 11.6 Å². The SMILES string of the molecule is CC[C@H](C)[C@@H]1NC(=O)[C@H](CC(C)C)N(C)C(=O)C[C@@H](C)NC(=O)[C@H](C(C)C)N(C)C(=O)C2(CCCC2)NC(=O)C2CCCN2C(=O)[C@H](CCc2ccc(C(F)(F)F)c(Cl)c2)NC(=O)CN(C)C(=O)[C@H](Cc2ccc(C(F)(F)F)cc2)N(C)C(=O)CN(C)C(=O)CN(C)C1=O. The van der Waals surface area contributed by atoms with Crippen molar-refractivity contribution in [2.75, 3.05) is 68.5 Å². The fourth-order valence-electron chi connectivity index (χ4n) is 12.3. The van der Waals surface area contributed by atoms with Crippen LogP contribution in [-0.2, 0) is 77.9 Å². The Labute approximate surface area is 550 Å². The van der Waals surface area contributed by atoms with Crippen molar-refractivity contribution in [3.05, 3.63) is 69.7 Å². The third-order valence-corrected chi connectivity index (χ3v) is 18.4. The maximum Gasteiger partial charge on any atom is 0.417 e. The van der Waals surface area contributed by atoms with E-state index in [0.717, 1.165) is 62.1 Å². The standard InChI is InChI=1S/C65H92ClF6N11O11/c1-14-39(6)54-61(93)79(10)35-52(86)77(8)36-53(87)81(12)49(33-42-19-23-43(24-20-42)64(67,68)69)60(92)78(9)34-50(84)74-46(26-22-41-21-25-44(45(66)32-41)65(70,71)72)59(91)83-29-17-18-47(83)57(89)76-63(27-15-16-28-63)62(94)82(13)55(38(4)5)58(90)73-40(7)31-51(85)80(11)48(30-37(2)3)56(88)75-54/h19-21,23-25,32,37-40,46-49,54-55H,14-18,22,26-31,33-36H2,1-13H3,(H,73,90)(H,74,84)(H,75,88)(H,76,89)/t39-,40+,46-,47?,48-,49-,54-,55-/m0/s1. The number of nitrogens with one attached hydrogen (secondary N) is 4. The van der Waals surface area contributed by atoms with Crippen LogP contribution in [0, 0.1) is 17.8 Å². The van der Waals surface area contributed by atoms with Gasteiger partial charge in [0, 0.05) is 67.7 Å². The zero-order chi connectivity index (χ0) is 70.6. The minimum atomic E-state index is -4.80. The number of hydrogen-bond acceptors (Lipinski definition) is 11. The molecule has 4 N–H and O–H groups in total. The molecule has 3 aliphatic rings. The van der Waals surface area contributed by atoms with E-state index in [0.29, 0.717) is 19.3 Å². The summed E-state index contributed by atoms with van der Waals surface area (Å²) in [6, 6.07) is -1.90. The lowest BCUT2D eigenvalue weighted by atomic mass is 9.92. The number of carbonyl (C=O) groups is 11. The smallest absolute Gasteiger partial charge is 0.351 e. The summed E-state index contributed by atoms with van der Waals surface area (Å²) in [5, 5.41) is 10.6. The zero-order valence-corrected chi connectivity index (χ0v) is 56.7. The molecule has 0 aromatic heterocycles. The number of halogens is 7. The molecule has 8 atom stereocenters. The molecule has 29 heteroatoms. The minimum absolute atomic E-state index is 0.0212. The summed E-state index contributed by atoms with van der Waals surface area (Å²) in [7, 11) is 7.83. The van der Waals surface area contributed by atoms with Crippen LogP contribution in [0.15, 0.2) is 42.5 Å². The highest BCUT2D eigenvalue weighted by molar-refractivity contribution is 6.31. The molecule has 1 unspecified atom stereocenters. The lowest BCUT2D eigenvalue weighted by molar-refractivity contribution is -0.149. The van der Waals surface area contributed by atoms with Gasteiger partial charge in [0.25, 0.3) is 0 Å². The van der Waals surface area contributed by atoms with Crippen molar-refractivity contribution in [2.45, 2.75) is 186 Å². The Balaban J connectivity index is 1.58. The van der Waals surface area contributed by atoms with Crippen LogP contribution < -0.4 is 21.3 Å². The fraction of sp³-hybridized carbons (Fsp3) is 0.646. The van der Waals surface area contributed by atoms with Crippen LogP contribution in [-0.4, -0.2) is 216 Å². The van der Waals surface area contributed by atoms with Gasteiger partial charge in [0.2, 0.25) is 65.0 Å². The minimum Gasteiger partial charge on any atom is -0.351 e. The number of fused-ring (bicyclic) bond motifs is 1. The molecule has 522 valence electrons. The summed E-state index contributed by atoms with van der Waals surface area (Å²) in [5.41, 5.74) is -3.30. The maximum absolute atomic E-state index is 15.0. The highest BCUT2D eigenvalue weighted by Crippen LogP contribution is 2.37. The van der Waals surface area contributed by atoms with Gasteiger partial charge in [-0.05, 0) is 105 Å². The maximum atomic E-state index is 15.0. The number of amides is 11. The third kappa shape index (κ3) is 19.8. The number of hydrogen-bond donors (Lipinski definition) is 4. The monoisotopic (exact) mass is 1350 g/mol. The molecule has 0 radical (unpaired) electrons. The molecule has 2 aromatic rings. The van der Waals surface area contributed by atoms with E-state index in [-0.39, 0.29) is 75.0 Å². The molecule has 1 aliphatic carbocycles. The van der Waals surface area contributed by atoms with E-state index in [9.17, 15) is 79.1 Å². The van der Waals surface area contributed by atoms with E-state index in [1.165, 1.54) is 57.0 Å². The number of aryl methyl sites for hydroxylation is 1. The van der Waals surface area contributed by atoms with Crippen molar-refractivity contribution < 1.29 is 79.1 Å². The highest BCUT2D eigenvalue weighted by atomic mass is 35.5. The van der Waals surface area contributed by atoms with Crippen LogP contribution in [0.1, 0.15) is 135 Å².